The minimum absolute atomic E-state index is 0.0315. The maximum atomic E-state index is 12.7. The van der Waals surface area contributed by atoms with Crippen molar-refractivity contribution in [2.75, 3.05) is 7.11 Å². The second-order valence-corrected chi connectivity index (χ2v) is 6.41. The second-order valence-electron chi connectivity index (χ2n) is 6.41. The first kappa shape index (κ1) is 19.4. The molecule has 0 saturated carbocycles. The van der Waals surface area contributed by atoms with Gasteiger partial charge in [0, 0.05) is 12.1 Å². The number of rotatable bonds is 6. The lowest BCUT2D eigenvalue weighted by atomic mass is 10.1. The molecule has 1 heterocycles. The number of benzene rings is 2. The van der Waals surface area contributed by atoms with Gasteiger partial charge in [0.25, 0.3) is 5.56 Å². The summed E-state index contributed by atoms with van der Waals surface area (Å²) < 4.78 is 13.0. The molecular formula is C21H22N2O5. The standard InChI is InChI=1S/C21H22N2O5/c1-4-22-20(25)16-7-5-6-8-17(16)23(21(22)26)12-19(24)28-13-15-11-14(2)9-10-18(15)27-3/h5-11H,4,12-13H2,1-3H3. The summed E-state index contributed by atoms with van der Waals surface area (Å²) in [6.07, 6.45) is 0. The number of carbonyl (C=O) groups excluding carboxylic acids is 1. The minimum atomic E-state index is -0.572. The van der Waals surface area contributed by atoms with E-state index in [1.54, 1.807) is 38.3 Å². The summed E-state index contributed by atoms with van der Waals surface area (Å²) >= 11 is 0. The van der Waals surface area contributed by atoms with Crippen LogP contribution >= 0.6 is 0 Å². The van der Waals surface area contributed by atoms with Gasteiger partial charge in [0.2, 0.25) is 0 Å². The van der Waals surface area contributed by atoms with Gasteiger partial charge in [-0.15, -0.1) is 0 Å². The molecule has 0 bridgehead atoms. The molecule has 0 N–H and O–H groups in total. The van der Waals surface area contributed by atoms with E-state index < -0.39 is 11.7 Å². The number of nitrogens with zero attached hydrogens (tertiary/aromatic N) is 2. The quantitative estimate of drug-likeness (QED) is 0.611. The maximum absolute atomic E-state index is 12.7. The number of fused-ring (bicyclic) bond motifs is 1. The molecule has 2 aromatic carbocycles. The monoisotopic (exact) mass is 382 g/mol. The Bertz CT molecular complexity index is 1140. The van der Waals surface area contributed by atoms with E-state index >= 15 is 0 Å². The van der Waals surface area contributed by atoms with Crippen LogP contribution in [0.5, 0.6) is 5.75 Å². The average molecular weight is 382 g/mol. The highest BCUT2D eigenvalue weighted by molar-refractivity contribution is 5.80. The van der Waals surface area contributed by atoms with Crippen molar-refractivity contribution in [1.29, 1.82) is 0 Å². The topological polar surface area (TPSA) is 79.5 Å². The fourth-order valence-electron chi connectivity index (χ4n) is 3.16. The van der Waals surface area contributed by atoms with Gasteiger partial charge in [-0.3, -0.25) is 18.7 Å². The summed E-state index contributed by atoms with van der Waals surface area (Å²) in [7, 11) is 1.55. The van der Waals surface area contributed by atoms with E-state index in [4.69, 9.17) is 9.47 Å². The van der Waals surface area contributed by atoms with Crippen molar-refractivity contribution < 1.29 is 14.3 Å². The van der Waals surface area contributed by atoms with Gasteiger partial charge in [0.15, 0.2) is 0 Å². The van der Waals surface area contributed by atoms with Crippen LogP contribution < -0.4 is 16.0 Å². The van der Waals surface area contributed by atoms with Crippen LogP contribution in [-0.4, -0.2) is 22.2 Å². The van der Waals surface area contributed by atoms with Gasteiger partial charge in [0.1, 0.15) is 18.9 Å². The van der Waals surface area contributed by atoms with Crippen molar-refractivity contribution in [3.63, 3.8) is 0 Å². The van der Waals surface area contributed by atoms with Gasteiger partial charge in [-0.1, -0.05) is 23.8 Å². The molecule has 7 nitrogen and oxygen atoms in total. The Hall–Kier alpha value is -3.35. The van der Waals surface area contributed by atoms with E-state index in [-0.39, 0.29) is 25.3 Å². The largest absolute Gasteiger partial charge is 0.496 e. The highest BCUT2D eigenvalue weighted by atomic mass is 16.5. The molecule has 0 aliphatic heterocycles. The van der Waals surface area contributed by atoms with Crippen LogP contribution in [0.25, 0.3) is 10.9 Å². The molecule has 1 aromatic heterocycles. The van der Waals surface area contributed by atoms with Crippen LogP contribution in [0.4, 0.5) is 0 Å². The Labute approximate surface area is 161 Å². The third-order valence-corrected chi connectivity index (χ3v) is 4.56. The van der Waals surface area contributed by atoms with Gasteiger partial charge < -0.3 is 9.47 Å². The maximum Gasteiger partial charge on any atom is 0.332 e. The lowest BCUT2D eigenvalue weighted by Gasteiger charge is -2.14. The van der Waals surface area contributed by atoms with E-state index in [0.29, 0.717) is 16.7 Å². The normalized spacial score (nSPS) is 10.8. The number of hydrogen-bond acceptors (Lipinski definition) is 5. The molecule has 0 amide bonds. The first-order valence-corrected chi connectivity index (χ1v) is 8.97. The molecule has 146 valence electrons. The number of ether oxygens (including phenoxy) is 2. The van der Waals surface area contributed by atoms with Crippen molar-refractivity contribution in [3.05, 3.63) is 74.4 Å². The molecule has 3 rings (SSSR count). The van der Waals surface area contributed by atoms with Gasteiger partial charge in [0.05, 0.1) is 18.0 Å². The zero-order chi connectivity index (χ0) is 20.3. The Morgan fingerprint density at radius 3 is 2.54 bits per heavy atom. The molecule has 3 aromatic rings. The number of hydrogen-bond donors (Lipinski definition) is 0. The predicted octanol–water partition coefficient (Wildman–Crippen LogP) is 2.24. The first-order chi connectivity index (χ1) is 13.5. The highest BCUT2D eigenvalue weighted by Crippen LogP contribution is 2.20. The fourth-order valence-corrected chi connectivity index (χ4v) is 3.16. The van der Waals surface area contributed by atoms with Gasteiger partial charge in [-0.25, -0.2) is 4.79 Å². The summed E-state index contributed by atoms with van der Waals surface area (Å²) in [6, 6.07) is 12.3. The summed E-state index contributed by atoms with van der Waals surface area (Å²) in [6.45, 7) is 3.62. The number of aryl methyl sites for hydroxylation is 1. The van der Waals surface area contributed by atoms with Crippen LogP contribution in [0, 0.1) is 6.92 Å². The summed E-state index contributed by atoms with van der Waals surface area (Å²) in [5, 5.41) is 0.386. The van der Waals surface area contributed by atoms with Crippen LogP contribution in [0.2, 0.25) is 0 Å². The predicted molar refractivity (Wildman–Crippen MR) is 106 cm³/mol. The minimum Gasteiger partial charge on any atom is -0.496 e. The van der Waals surface area contributed by atoms with Crippen LogP contribution in [0.1, 0.15) is 18.1 Å². The average Bonchev–Trinajstić information content (AvgIpc) is 2.70. The molecule has 0 fully saturated rings. The van der Waals surface area contributed by atoms with E-state index in [9.17, 15) is 14.4 Å². The van der Waals surface area contributed by atoms with E-state index in [0.717, 1.165) is 15.7 Å². The van der Waals surface area contributed by atoms with Crippen molar-refractivity contribution in [1.82, 2.24) is 9.13 Å². The third kappa shape index (κ3) is 3.69. The zero-order valence-electron chi connectivity index (χ0n) is 16.1. The molecule has 0 aliphatic rings. The van der Waals surface area contributed by atoms with Crippen LogP contribution in [0.3, 0.4) is 0 Å². The summed E-state index contributed by atoms with van der Waals surface area (Å²) in [4.78, 5) is 37.6. The van der Waals surface area contributed by atoms with Crippen LogP contribution in [0.15, 0.2) is 52.1 Å². The Balaban J connectivity index is 1.89. The SMILES string of the molecule is CCn1c(=O)c2ccccc2n(CC(=O)OCc2cc(C)ccc2OC)c1=O. The Morgan fingerprint density at radius 1 is 1.07 bits per heavy atom. The van der Waals surface area contributed by atoms with Crippen molar-refractivity contribution >= 4 is 16.9 Å². The molecule has 0 saturated heterocycles. The fraction of sp³-hybridized carbons (Fsp3) is 0.286. The second kappa shape index (κ2) is 8.12. The molecule has 0 aliphatic carbocycles. The number of carbonyl (C=O) groups is 1. The van der Waals surface area contributed by atoms with Crippen molar-refractivity contribution in [2.24, 2.45) is 0 Å². The van der Waals surface area contributed by atoms with Gasteiger partial charge in [-0.05, 0) is 38.1 Å². The van der Waals surface area contributed by atoms with Gasteiger partial charge in [-0.2, -0.15) is 0 Å². The molecule has 28 heavy (non-hydrogen) atoms. The number of para-hydroxylation sites is 1. The molecular weight excluding hydrogens is 360 g/mol. The molecule has 0 unspecified atom stereocenters. The summed E-state index contributed by atoms with van der Waals surface area (Å²) in [5.74, 6) is 0.0534. The number of aromatic nitrogens is 2. The Morgan fingerprint density at radius 2 is 1.82 bits per heavy atom. The number of methoxy groups -OCH3 is 1. The third-order valence-electron chi connectivity index (χ3n) is 4.56. The lowest BCUT2D eigenvalue weighted by Crippen LogP contribution is -2.40. The summed E-state index contributed by atoms with van der Waals surface area (Å²) in [5.41, 5.74) is 1.27. The molecule has 0 atom stereocenters. The van der Waals surface area contributed by atoms with E-state index in [2.05, 4.69) is 0 Å². The molecule has 0 radical (unpaired) electrons. The Kier molecular flexibility index (Phi) is 5.63. The van der Waals surface area contributed by atoms with E-state index in [1.807, 2.05) is 25.1 Å². The molecule has 7 heteroatoms. The highest BCUT2D eigenvalue weighted by Gasteiger charge is 2.15. The smallest absolute Gasteiger partial charge is 0.332 e. The van der Waals surface area contributed by atoms with Crippen molar-refractivity contribution in [2.45, 2.75) is 33.5 Å². The lowest BCUT2D eigenvalue weighted by molar-refractivity contribution is -0.145. The van der Waals surface area contributed by atoms with Crippen LogP contribution in [-0.2, 0) is 29.2 Å². The first-order valence-electron chi connectivity index (χ1n) is 8.97. The molecule has 0 spiro atoms. The number of esters is 1. The zero-order valence-corrected chi connectivity index (χ0v) is 16.1. The van der Waals surface area contributed by atoms with Crippen molar-refractivity contribution in [3.8, 4) is 5.75 Å². The van der Waals surface area contributed by atoms with E-state index in [1.165, 1.54) is 4.57 Å². The van der Waals surface area contributed by atoms with Gasteiger partial charge >= 0.3 is 11.7 Å².